The van der Waals surface area contributed by atoms with Crippen molar-refractivity contribution in [2.24, 2.45) is 0 Å². The lowest BCUT2D eigenvalue weighted by atomic mass is 10.1. The van der Waals surface area contributed by atoms with Crippen molar-refractivity contribution in [3.8, 4) is 5.75 Å². The molecule has 0 radical (unpaired) electrons. The van der Waals surface area contributed by atoms with E-state index in [1.165, 1.54) is 11.0 Å². The van der Waals surface area contributed by atoms with Crippen LogP contribution in [0.3, 0.4) is 0 Å². The summed E-state index contributed by atoms with van der Waals surface area (Å²) in [4.78, 5) is 26.9. The molecule has 30 heavy (non-hydrogen) atoms. The van der Waals surface area contributed by atoms with E-state index in [0.717, 1.165) is 6.42 Å². The SMILES string of the molecule is CCCNC(=O)[C@@H](C)N(Cc1ccc(Cl)cc1Cl)C(=O)COc1ccc(Cl)cc1Cl. The Hall–Kier alpha value is -1.66. The van der Waals surface area contributed by atoms with Crippen molar-refractivity contribution >= 4 is 58.2 Å². The van der Waals surface area contributed by atoms with Gasteiger partial charge in [0.1, 0.15) is 11.8 Å². The molecule has 0 aliphatic rings. The molecule has 0 aromatic heterocycles. The van der Waals surface area contributed by atoms with E-state index in [4.69, 9.17) is 51.1 Å². The van der Waals surface area contributed by atoms with E-state index in [0.29, 0.717) is 32.9 Å². The number of rotatable bonds is 9. The minimum absolute atomic E-state index is 0.118. The van der Waals surface area contributed by atoms with Crippen LogP contribution in [-0.4, -0.2) is 35.9 Å². The fourth-order valence-corrected chi connectivity index (χ4v) is 3.56. The van der Waals surface area contributed by atoms with Gasteiger partial charge in [0.2, 0.25) is 5.91 Å². The summed E-state index contributed by atoms with van der Waals surface area (Å²) in [6.07, 6.45) is 0.785. The minimum Gasteiger partial charge on any atom is -0.482 e. The average molecular weight is 492 g/mol. The molecule has 0 aliphatic carbocycles. The number of ether oxygens (including phenoxy) is 1. The summed E-state index contributed by atoms with van der Waals surface area (Å²) in [6, 6.07) is 8.97. The number of amides is 2. The predicted molar refractivity (Wildman–Crippen MR) is 122 cm³/mol. The number of hydrogen-bond donors (Lipinski definition) is 1. The normalized spacial score (nSPS) is 11.7. The van der Waals surface area contributed by atoms with Crippen LogP contribution in [0.1, 0.15) is 25.8 Å². The van der Waals surface area contributed by atoms with Gasteiger partial charge in [0.05, 0.1) is 5.02 Å². The first-order valence-electron chi connectivity index (χ1n) is 9.31. The topological polar surface area (TPSA) is 58.6 Å². The summed E-state index contributed by atoms with van der Waals surface area (Å²) >= 11 is 24.2. The van der Waals surface area contributed by atoms with Crippen molar-refractivity contribution < 1.29 is 14.3 Å². The van der Waals surface area contributed by atoms with Crippen LogP contribution in [-0.2, 0) is 16.1 Å². The molecular weight excluding hydrogens is 470 g/mol. The molecule has 0 saturated carbocycles. The van der Waals surface area contributed by atoms with Gasteiger partial charge in [-0.1, -0.05) is 59.4 Å². The van der Waals surface area contributed by atoms with Crippen molar-refractivity contribution in [2.45, 2.75) is 32.9 Å². The monoisotopic (exact) mass is 490 g/mol. The number of halogens is 4. The van der Waals surface area contributed by atoms with E-state index in [2.05, 4.69) is 5.32 Å². The van der Waals surface area contributed by atoms with Gasteiger partial charge in [-0.15, -0.1) is 0 Å². The van der Waals surface area contributed by atoms with Crippen LogP contribution in [0.5, 0.6) is 5.75 Å². The smallest absolute Gasteiger partial charge is 0.261 e. The summed E-state index contributed by atoms with van der Waals surface area (Å²) in [6.45, 7) is 3.93. The third-order valence-electron chi connectivity index (χ3n) is 4.32. The van der Waals surface area contributed by atoms with Crippen LogP contribution in [0.2, 0.25) is 20.1 Å². The van der Waals surface area contributed by atoms with Crippen molar-refractivity contribution in [3.63, 3.8) is 0 Å². The van der Waals surface area contributed by atoms with Crippen LogP contribution in [0.25, 0.3) is 0 Å². The number of carbonyl (C=O) groups excluding carboxylic acids is 2. The highest BCUT2D eigenvalue weighted by molar-refractivity contribution is 6.35. The summed E-state index contributed by atoms with van der Waals surface area (Å²) in [5.74, 6) is -0.340. The molecule has 0 spiro atoms. The van der Waals surface area contributed by atoms with Crippen molar-refractivity contribution in [2.75, 3.05) is 13.2 Å². The van der Waals surface area contributed by atoms with Gasteiger partial charge >= 0.3 is 0 Å². The second-order valence-corrected chi connectivity index (χ2v) is 8.28. The highest BCUT2D eigenvalue weighted by atomic mass is 35.5. The summed E-state index contributed by atoms with van der Waals surface area (Å²) in [5.41, 5.74) is 0.661. The van der Waals surface area contributed by atoms with E-state index in [1.807, 2.05) is 6.92 Å². The third-order valence-corrected chi connectivity index (χ3v) is 5.43. The maximum absolute atomic E-state index is 13.0. The van der Waals surface area contributed by atoms with Crippen LogP contribution >= 0.6 is 46.4 Å². The molecule has 2 amide bonds. The average Bonchev–Trinajstić information content (AvgIpc) is 2.70. The molecule has 2 aromatic carbocycles. The molecule has 0 unspecified atom stereocenters. The largest absolute Gasteiger partial charge is 0.482 e. The standard InChI is InChI=1S/C21H22Cl4N2O3/c1-3-8-26-21(29)13(2)27(11-14-4-5-15(22)9-17(14)24)20(28)12-30-19-7-6-16(23)10-18(19)25/h4-7,9-10,13H,3,8,11-12H2,1-2H3,(H,26,29)/t13-/m1/s1. The Morgan fingerprint density at radius 2 is 1.67 bits per heavy atom. The fraction of sp³-hybridized carbons (Fsp3) is 0.333. The molecule has 2 rings (SSSR count). The molecule has 1 N–H and O–H groups in total. The Morgan fingerprint density at radius 1 is 1.03 bits per heavy atom. The fourth-order valence-electron chi connectivity index (χ4n) is 2.63. The van der Waals surface area contributed by atoms with Crippen molar-refractivity contribution in [1.82, 2.24) is 10.2 Å². The van der Waals surface area contributed by atoms with Crippen LogP contribution in [0.15, 0.2) is 36.4 Å². The second kappa shape index (κ2) is 11.7. The van der Waals surface area contributed by atoms with E-state index in [1.54, 1.807) is 37.3 Å². The Kier molecular flexibility index (Phi) is 9.56. The van der Waals surface area contributed by atoms with E-state index >= 15 is 0 Å². The molecule has 9 heteroatoms. The quantitative estimate of drug-likeness (QED) is 0.495. The number of nitrogens with zero attached hydrogens (tertiary/aromatic N) is 1. The Balaban J connectivity index is 2.19. The predicted octanol–water partition coefficient (Wildman–Crippen LogP) is 5.62. The summed E-state index contributed by atoms with van der Waals surface area (Å²) in [5, 5.41) is 4.44. The summed E-state index contributed by atoms with van der Waals surface area (Å²) < 4.78 is 5.57. The lowest BCUT2D eigenvalue weighted by molar-refractivity contribution is -0.142. The molecule has 1 atom stereocenters. The Morgan fingerprint density at radius 3 is 2.27 bits per heavy atom. The molecule has 0 saturated heterocycles. The minimum atomic E-state index is -0.736. The van der Waals surface area contributed by atoms with Gasteiger partial charge in [-0.25, -0.2) is 0 Å². The third kappa shape index (κ3) is 6.95. The molecule has 0 heterocycles. The highest BCUT2D eigenvalue weighted by Gasteiger charge is 2.27. The van der Waals surface area contributed by atoms with Crippen molar-refractivity contribution in [1.29, 1.82) is 0 Å². The van der Waals surface area contributed by atoms with Gasteiger partial charge in [0.15, 0.2) is 6.61 Å². The summed E-state index contributed by atoms with van der Waals surface area (Å²) in [7, 11) is 0. The lowest BCUT2D eigenvalue weighted by Gasteiger charge is -2.29. The molecule has 0 fully saturated rings. The number of nitrogens with one attached hydrogen (secondary N) is 1. The zero-order chi connectivity index (χ0) is 22.3. The lowest BCUT2D eigenvalue weighted by Crippen LogP contribution is -2.49. The van der Waals surface area contributed by atoms with Gasteiger partial charge in [0.25, 0.3) is 5.91 Å². The number of carbonyl (C=O) groups is 2. The van der Waals surface area contributed by atoms with E-state index < -0.39 is 11.9 Å². The van der Waals surface area contributed by atoms with Gasteiger partial charge in [-0.3, -0.25) is 9.59 Å². The zero-order valence-corrected chi connectivity index (χ0v) is 19.6. The van der Waals surface area contributed by atoms with Crippen LogP contribution in [0.4, 0.5) is 0 Å². The maximum Gasteiger partial charge on any atom is 0.261 e. The Bertz CT molecular complexity index is 908. The van der Waals surface area contributed by atoms with E-state index in [9.17, 15) is 9.59 Å². The van der Waals surface area contributed by atoms with Gasteiger partial charge in [0, 0.05) is 28.2 Å². The molecular formula is C21H22Cl4N2O3. The highest BCUT2D eigenvalue weighted by Crippen LogP contribution is 2.28. The molecule has 0 aliphatic heterocycles. The van der Waals surface area contributed by atoms with E-state index in [-0.39, 0.29) is 24.1 Å². The van der Waals surface area contributed by atoms with Gasteiger partial charge < -0.3 is 15.0 Å². The van der Waals surface area contributed by atoms with Crippen molar-refractivity contribution in [3.05, 3.63) is 62.1 Å². The van der Waals surface area contributed by atoms with Crippen LogP contribution in [0, 0.1) is 0 Å². The molecule has 162 valence electrons. The molecule has 5 nitrogen and oxygen atoms in total. The zero-order valence-electron chi connectivity index (χ0n) is 16.6. The second-order valence-electron chi connectivity index (χ2n) is 6.59. The first-order chi connectivity index (χ1) is 14.2. The van der Waals surface area contributed by atoms with Gasteiger partial charge in [-0.05, 0) is 49.2 Å². The molecule has 0 bridgehead atoms. The first kappa shape index (κ1) is 24.6. The van der Waals surface area contributed by atoms with Crippen LogP contribution < -0.4 is 10.1 Å². The Labute approximate surface area is 196 Å². The maximum atomic E-state index is 13.0. The van der Waals surface area contributed by atoms with Gasteiger partial charge in [-0.2, -0.15) is 0 Å². The number of hydrogen-bond acceptors (Lipinski definition) is 3. The molecule has 2 aromatic rings. The first-order valence-corrected chi connectivity index (χ1v) is 10.8. The number of benzene rings is 2.